The zero-order valence-electron chi connectivity index (χ0n) is 8.19. The third-order valence-electron chi connectivity index (χ3n) is 2.19. The minimum atomic E-state index is -0.0454. The molecule has 0 amide bonds. The first-order valence-electron chi connectivity index (χ1n) is 4.72. The van der Waals surface area contributed by atoms with Crippen LogP contribution in [0.1, 0.15) is 0 Å². The molecule has 0 atom stereocenters. The average molecular weight is 204 g/mol. The third-order valence-corrected chi connectivity index (χ3v) is 2.19. The Morgan fingerprint density at radius 1 is 1.33 bits per heavy atom. The van der Waals surface area contributed by atoms with Crippen molar-refractivity contribution in [1.82, 2.24) is 0 Å². The minimum Gasteiger partial charge on any atom is -0.470 e. The van der Waals surface area contributed by atoms with Gasteiger partial charge in [0.05, 0.1) is 5.57 Å². The van der Waals surface area contributed by atoms with E-state index in [-0.39, 0.29) is 18.9 Å². The van der Waals surface area contributed by atoms with Crippen molar-refractivity contribution in [3.05, 3.63) is 41.8 Å². The number of hydrogen-bond acceptors (Lipinski definition) is 4. The van der Waals surface area contributed by atoms with E-state index in [2.05, 4.69) is 5.32 Å². The maximum Gasteiger partial charge on any atom is 0.202 e. The maximum absolute atomic E-state index is 11.3. The van der Waals surface area contributed by atoms with Gasteiger partial charge < -0.3 is 15.8 Å². The van der Waals surface area contributed by atoms with Gasteiger partial charge in [-0.1, -0.05) is 18.2 Å². The number of carbonyl (C=O) groups excluding carboxylic acids is 1. The van der Waals surface area contributed by atoms with E-state index in [1.807, 2.05) is 30.3 Å². The fourth-order valence-electron chi connectivity index (χ4n) is 1.41. The lowest BCUT2D eigenvalue weighted by atomic mass is 10.2. The Morgan fingerprint density at radius 2 is 2.07 bits per heavy atom. The smallest absolute Gasteiger partial charge is 0.202 e. The average Bonchev–Trinajstić information content (AvgIpc) is 2.61. The van der Waals surface area contributed by atoms with E-state index < -0.39 is 0 Å². The van der Waals surface area contributed by atoms with Crippen LogP contribution in [0, 0.1) is 0 Å². The molecule has 0 saturated heterocycles. The molecule has 0 spiro atoms. The Kier molecular flexibility index (Phi) is 2.69. The molecule has 2 rings (SSSR count). The standard InChI is InChI=1S/C11H12N2O2/c12-6-9-10(14)7-15-11(9)13-8-4-2-1-3-5-8/h1-5,13H,6-7,12H2. The van der Waals surface area contributed by atoms with E-state index in [0.29, 0.717) is 11.5 Å². The van der Waals surface area contributed by atoms with Crippen molar-refractivity contribution in [2.75, 3.05) is 18.5 Å². The van der Waals surface area contributed by atoms with Crippen LogP contribution in [0.4, 0.5) is 5.69 Å². The lowest BCUT2D eigenvalue weighted by Gasteiger charge is -2.07. The number of para-hydroxylation sites is 1. The molecule has 15 heavy (non-hydrogen) atoms. The predicted molar refractivity (Wildman–Crippen MR) is 57.1 cm³/mol. The summed E-state index contributed by atoms with van der Waals surface area (Å²) >= 11 is 0. The van der Waals surface area contributed by atoms with Gasteiger partial charge >= 0.3 is 0 Å². The Morgan fingerprint density at radius 3 is 2.73 bits per heavy atom. The summed E-state index contributed by atoms with van der Waals surface area (Å²) in [6.45, 7) is 0.287. The van der Waals surface area contributed by atoms with Crippen LogP contribution in [0.3, 0.4) is 0 Å². The number of benzene rings is 1. The van der Waals surface area contributed by atoms with Crippen LogP contribution in [0.5, 0.6) is 0 Å². The van der Waals surface area contributed by atoms with Crippen molar-refractivity contribution in [1.29, 1.82) is 0 Å². The second kappa shape index (κ2) is 4.14. The van der Waals surface area contributed by atoms with Crippen LogP contribution in [0.15, 0.2) is 41.8 Å². The first-order chi connectivity index (χ1) is 7.31. The lowest BCUT2D eigenvalue weighted by molar-refractivity contribution is -0.116. The van der Waals surface area contributed by atoms with Crippen molar-refractivity contribution in [3.8, 4) is 0 Å². The quantitative estimate of drug-likeness (QED) is 0.766. The summed E-state index contributed by atoms with van der Waals surface area (Å²) in [5.74, 6) is 0.435. The molecule has 1 aromatic carbocycles. The normalized spacial score (nSPS) is 15.4. The largest absolute Gasteiger partial charge is 0.470 e. The number of hydrogen-bond donors (Lipinski definition) is 2. The van der Waals surface area contributed by atoms with Gasteiger partial charge in [0.1, 0.15) is 0 Å². The van der Waals surface area contributed by atoms with E-state index in [9.17, 15) is 4.79 Å². The van der Waals surface area contributed by atoms with E-state index in [1.54, 1.807) is 0 Å². The summed E-state index contributed by atoms with van der Waals surface area (Å²) < 4.78 is 5.21. The Bertz CT molecular complexity index is 398. The number of anilines is 1. The highest BCUT2D eigenvalue weighted by molar-refractivity contribution is 5.99. The molecule has 1 aliphatic heterocycles. The SMILES string of the molecule is NCC1=C(Nc2ccccc2)OCC1=O. The molecule has 0 aliphatic carbocycles. The monoisotopic (exact) mass is 204 g/mol. The summed E-state index contributed by atoms with van der Waals surface area (Å²) in [6, 6.07) is 9.52. The molecule has 0 saturated carbocycles. The zero-order valence-corrected chi connectivity index (χ0v) is 8.19. The minimum absolute atomic E-state index is 0.0454. The van der Waals surface area contributed by atoms with Gasteiger partial charge in [-0.3, -0.25) is 4.79 Å². The number of nitrogens with two attached hydrogens (primary N) is 1. The van der Waals surface area contributed by atoms with Gasteiger partial charge in [0.2, 0.25) is 5.78 Å². The predicted octanol–water partition coefficient (Wildman–Crippen LogP) is 0.868. The van der Waals surface area contributed by atoms with Crippen LogP contribution in [-0.4, -0.2) is 18.9 Å². The van der Waals surface area contributed by atoms with Gasteiger partial charge in [-0.25, -0.2) is 0 Å². The summed E-state index contributed by atoms with van der Waals surface area (Å²) in [7, 11) is 0. The Hall–Kier alpha value is -1.81. The number of carbonyl (C=O) groups is 1. The summed E-state index contributed by atoms with van der Waals surface area (Å²) in [4.78, 5) is 11.3. The van der Waals surface area contributed by atoms with Crippen molar-refractivity contribution >= 4 is 11.5 Å². The Labute approximate surface area is 87.7 Å². The molecule has 0 aromatic heterocycles. The van der Waals surface area contributed by atoms with E-state index in [1.165, 1.54) is 0 Å². The zero-order chi connectivity index (χ0) is 10.7. The fourth-order valence-corrected chi connectivity index (χ4v) is 1.41. The van der Waals surface area contributed by atoms with Gasteiger partial charge in [0.15, 0.2) is 12.5 Å². The van der Waals surface area contributed by atoms with Crippen molar-refractivity contribution in [2.45, 2.75) is 0 Å². The summed E-state index contributed by atoms with van der Waals surface area (Å²) in [5.41, 5.74) is 6.88. The summed E-state index contributed by atoms with van der Waals surface area (Å²) in [6.07, 6.45) is 0. The van der Waals surface area contributed by atoms with Crippen LogP contribution in [-0.2, 0) is 9.53 Å². The molecule has 0 bridgehead atoms. The number of Topliss-reactive ketones (excluding diaryl/α,β-unsaturated/α-hetero) is 1. The first-order valence-corrected chi connectivity index (χ1v) is 4.72. The Balaban J connectivity index is 2.19. The summed E-state index contributed by atoms with van der Waals surface area (Å²) in [5, 5.41) is 3.03. The van der Waals surface area contributed by atoms with E-state index >= 15 is 0 Å². The van der Waals surface area contributed by atoms with Crippen LogP contribution < -0.4 is 11.1 Å². The van der Waals surface area contributed by atoms with Gasteiger partial charge in [-0.2, -0.15) is 0 Å². The molecule has 1 heterocycles. The van der Waals surface area contributed by atoms with E-state index in [0.717, 1.165) is 5.69 Å². The van der Waals surface area contributed by atoms with Crippen molar-refractivity contribution in [3.63, 3.8) is 0 Å². The molecule has 4 heteroatoms. The van der Waals surface area contributed by atoms with Gasteiger partial charge in [-0.05, 0) is 12.1 Å². The number of rotatable bonds is 3. The number of nitrogens with one attached hydrogen (secondary N) is 1. The molecule has 0 fully saturated rings. The second-order valence-corrected chi connectivity index (χ2v) is 3.21. The molecule has 0 unspecified atom stereocenters. The number of ketones is 1. The van der Waals surface area contributed by atoms with Gasteiger partial charge in [-0.15, -0.1) is 0 Å². The van der Waals surface area contributed by atoms with Crippen molar-refractivity contribution in [2.24, 2.45) is 5.73 Å². The topological polar surface area (TPSA) is 64.3 Å². The first kappa shape index (κ1) is 9.73. The van der Waals surface area contributed by atoms with Crippen LogP contribution >= 0.6 is 0 Å². The molecular weight excluding hydrogens is 192 g/mol. The molecule has 1 aromatic rings. The fraction of sp³-hybridized carbons (Fsp3) is 0.182. The van der Waals surface area contributed by atoms with Gasteiger partial charge in [0, 0.05) is 12.2 Å². The number of ether oxygens (including phenoxy) is 1. The third kappa shape index (κ3) is 1.99. The molecule has 1 aliphatic rings. The van der Waals surface area contributed by atoms with Crippen LogP contribution in [0.25, 0.3) is 0 Å². The highest BCUT2D eigenvalue weighted by Gasteiger charge is 2.23. The molecular formula is C11H12N2O2. The second-order valence-electron chi connectivity index (χ2n) is 3.21. The molecule has 0 radical (unpaired) electrons. The highest BCUT2D eigenvalue weighted by Crippen LogP contribution is 2.18. The highest BCUT2D eigenvalue weighted by atomic mass is 16.5. The van der Waals surface area contributed by atoms with Crippen LogP contribution in [0.2, 0.25) is 0 Å². The van der Waals surface area contributed by atoms with Gasteiger partial charge in [0.25, 0.3) is 0 Å². The molecule has 78 valence electrons. The molecule has 4 nitrogen and oxygen atoms in total. The lowest BCUT2D eigenvalue weighted by Crippen LogP contribution is -2.13. The van der Waals surface area contributed by atoms with E-state index in [4.69, 9.17) is 10.5 Å². The van der Waals surface area contributed by atoms with Crippen molar-refractivity contribution < 1.29 is 9.53 Å². The molecule has 3 N–H and O–H groups in total. The maximum atomic E-state index is 11.3.